The number of furan rings is 1. The van der Waals surface area contributed by atoms with Crippen LogP contribution < -0.4 is 10.2 Å². The van der Waals surface area contributed by atoms with E-state index in [1.54, 1.807) is 18.4 Å². The number of piperazine rings is 1. The van der Waals surface area contributed by atoms with Crippen LogP contribution in [-0.4, -0.2) is 53.0 Å². The largest absolute Gasteiger partial charge is 0.467 e. The van der Waals surface area contributed by atoms with Crippen LogP contribution >= 0.6 is 0 Å². The quantitative estimate of drug-likeness (QED) is 0.541. The van der Waals surface area contributed by atoms with Crippen molar-refractivity contribution in [3.05, 3.63) is 52.7 Å². The minimum absolute atomic E-state index is 0.0721. The molecule has 1 aliphatic heterocycles. The molecule has 0 aliphatic carbocycles. The first-order valence-corrected chi connectivity index (χ1v) is 8.75. The molecular weight excluding hydrogens is 348 g/mol. The molecule has 1 aliphatic rings. The van der Waals surface area contributed by atoms with Crippen LogP contribution in [0, 0.1) is 10.1 Å². The van der Waals surface area contributed by atoms with Crippen molar-refractivity contribution in [3.63, 3.8) is 0 Å². The summed E-state index contributed by atoms with van der Waals surface area (Å²) in [5, 5.41) is 15.5. The van der Waals surface area contributed by atoms with Crippen LogP contribution in [0.3, 0.4) is 0 Å². The van der Waals surface area contributed by atoms with Crippen molar-refractivity contribution >= 4 is 28.1 Å². The summed E-state index contributed by atoms with van der Waals surface area (Å²) in [7, 11) is 2.05. The Labute approximate surface area is 155 Å². The number of likely N-dealkylation sites (N-methyl/N-ethyl adjacent to an activating group) is 1. The van der Waals surface area contributed by atoms with Crippen LogP contribution in [0.1, 0.15) is 5.76 Å². The van der Waals surface area contributed by atoms with Gasteiger partial charge in [-0.1, -0.05) is 0 Å². The number of hydrogen-bond acceptors (Lipinski definition) is 8. The molecule has 1 aromatic carbocycles. The highest BCUT2D eigenvalue weighted by Gasteiger charge is 2.24. The van der Waals surface area contributed by atoms with E-state index in [9.17, 15) is 10.1 Å². The number of anilines is 2. The van der Waals surface area contributed by atoms with Crippen LogP contribution in [0.25, 0.3) is 10.9 Å². The lowest BCUT2D eigenvalue weighted by atomic mass is 10.1. The Morgan fingerprint density at radius 2 is 2.07 bits per heavy atom. The fourth-order valence-corrected chi connectivity index (χ4v) is 3.25. The first-order valence-electron chi connectivity index (χ1n) is 8.75. The fraction of sp³-hybridized carbons (Fsp3) is 0.333. The molecule has 0 bridgehead atoms. The van der Waals surface area contributed by atoms with Gasteiger partial charge in [-0.05, 0) is 25.2 Å². The molecule has 1 N–H and O–H groups in total. The Morgan fingerprint density at radius 1 is 1.26 bits per heavy atom. The molecule has 3 aromatic rings. The molecule has 1 fully saturated rings. The summed E-state index contributed by atoms with van der Waals surface area (Å²) < 4.78 is 5.31. The van der Waals surface area contributed by atoms with Crippen molar-refractivity contribution in [2.45, 2.75) is 6.54 Å². The number of fused-ring (bicyclic) bond motifs is 1. The van der Waals surface area contributed by atoms with Gasteiger partial charge in [0, 0.05) is 37.6 Å². The van der Waals surface area contributed by atoms with Gasteiger partial charge < -0.3 is 19.5 Å². The minimum Gasteiger partial charge on any atom is -0.467 e. The van der Waals surface area contributed by atoms with Crippen molar-refractivity contribution in [1.29, 1.82) is 0 Å². The van der Waals surface area contributed by atoms with Crippen molar-refractivity contribution in [2.24, 2.45) is 0 Å². The molecule has 0 saturated carbocycles. The molecule has 140 valence electrons. The molecule has 4 rings (SSSR count). The zero-order chi connectivity index (χ0) is 18.8. The molecule has 2 aromatic heterocycles. The number of aromatic nitrogens is 2. The Balaban J connectivity index is 1.71. The van der Waals surface area contributed by atoms with Gasteiger partial charge in [-0.2, -0.15) is 0 Å². The molecule has 0 unspecified atom stereocenters. The van der Waals surface area contributed by atoms with Gasteiger partial charge >= 0.3 is 0 Å². The van der Waals surface area contributed by atoms with Crippen molar-refractivity contribution in [2.75, 3.05) is 43.4 Å². The van der Waals surface area contributed by atoms with Crippen LogP contribution in [0.4, 0.5) is 17.2 Å². The SMILES string of the molecule is CN1CCN(c2cc3ncnc(NCc4ccco4)c3cc2[N+](=O)[O-])CC1. The van der Waals surface area contributed by atoms with Crippen molar-refractivity contribution in [1.82, 2.24) is 14.9 Å². The molecule has 27 heavy (non-hydrogen) atoms. The molecule has 9 nitrogen and oxygen atoms in total. The van der Waals surface area contributed by atoms with Crippen molar-refractivity contribution < 1.29 is 9.34 Å². The maximum absolute atomic E-state index is 11.7. The van der Waals surface area contributed by atoms with Gasteiger partial charge in [0.2, 0.25) is 0 Å². The van der Waals surface area contributed by atoms with E-state index >= 15 is 0 Å². The summed E-state index contributed by atoms with van der Waals surface area (Å²) in [6.45, 7) is 3.67. The fourth-order valence-electron chi connectivity index (χ4n) is 3.25. The third-order valence-electron chi connectivity index (χ3n) is 4.78. The van der Waals surface area contributed by atoms with Gasteiger partial charge in [-0.15, -0.1) is 0 Å². The van der Waals surface area contributed by atoms with Crippen LogP contribution in [0.15, 0.2) is 41.3 Å². The lowest BCUT2D eigenvalue weighted by molar-refractivity contribution is -0.384. The Hall–Kier alpha value is -3.20. The summed E-state index contributed by atoms with van der Waals surface area (Å²) in [6.07, 6.45) is 3.06. The molecular formula is C18H20N6O3. The highest BCUT2D eigenvalue weighted by atomic mass is 16.6. The zero-order valence-corrected chi connectivity index (χ0v) is 15.0. The summed E-state index contributed by atoms with van der Waals surface area (Å²) in [4.78, 5) is 24.2. The second-order valence-electron chi connectivity index (χ2n) is 6.56. The lowest BCUT2D eigenvalue weighted by Gasteiger charge is -2.33. The van der Waals surface area contributed by atoms with Gasteiger partial charge in [0.1, 0.15) is 23.6 Å². The van der Waals surface area contributed by atoms with E-state index in [-0.39, 0.29) is 10.6 Å². The first kappa shape index (κ1) is 17.2. The number of nitrogens with zero attached hydrogens (tertiary/aromatic N) is 5. The highest BCUT2D eigenvalue weighted by Crippen LogP contribution is 2.35. The van der Waals surface area contributed by atoms with E-state index in [0.29, 0.717) is 29.0 Å². The van der Waals surface area contributed by atoms with Crippen LogP contribution in [0.5, 0.6) is 0 Å². The minimum atomic E-state index is -0.337. The number of rotatable bonds is 5. The molecule has 0 radical (unpaired) electrons. The zero-order valence-electron chi connectivity index (χ0n) is 15.0. The summed E-state index contributed by atoms with van der Waals surface area (Å²) in [5.74, 6) is 1.30. The topological polar surface area (TPSA) is 101 Å². The molecule has 3 heterocycles. The maximum Gasteiger partial charge on any atom is 0.293 e. The van der Waals surface area contributed by atoms with E-state index in [4.69, 9.17) is 4.42 Å². The second-order valence-corrected chi connectivity index (χ2v) is 6.56. The molecule has 9 heteroatoms. The monoisotopic (exact) mass is 368 g/mol. The Bertz CT molecular complexity index is 951. The molecule has 0 spiro atoms. The lowest BCUT2D eigenvalue weighted by Crippen LogP contribution is -2.44. The number of nitro groups is 1. The van der Waals surface area contributed by atoms with E-state index in [1.165, 1.54) is 6.33 Å². The number of nitrogens with one attached hydrogen (secondary N) is 1. The first-order chi connectivity index (χ1) is 13.1. The summed E-state index contributed by atoms with van der Waals surface area (Å²) >= 11 is 0. The second kappa shape index (κ2) is 7.20. The predicted molar refractivity (Wildman–Crippen MR) is 102 cm³/mol. The Morgan fingerprint density at radius 3 is 2.78 bits per heavy atom. The average molecular weight is 368 g/mol. The normalized spacial score (nSPS) is 15.2. The van der Waals surface area contributed by atoms with Gasteiger partial charge in [0.05, 0.1) is 23.2 Å². The molecule has 0 atom stereocenters. The summed E-state index contributed by atoms with van der Waals surface area (Å²) in [6, 6.07) is 7.01. The van der Waals surface area contributed by atoms with Gasteiger partial charge in [-0.3, -0.25) is 10.1 Å². The van der Waals surface area contributed by atoms with Crippen molar-refractivity contribution in [3.8, 4) is 0 Å². The summed E-state index contributed by atoms with van der Waals surface area (Å²) in [5.41, 5.74) is 1.35. The van der Waals surface area contributed by atoms with Gasteiger partial charge in [-0.25, -0.2) is 9.97 Å². The van der Waals surface area contributed by atoms with E-state index in [2.05, 4.69) is 32.1 Å². The van der Waals surface area contributed by atoms with E-state index < -0.39 is 0 Å². The van der Waals surface area contributed by atoms with E-state index in [0.717, 1.165) is 31.9 Å². The number of hydrogen-bond donors (Lipinski definition) is 1. The highest BCUT2D eigenvalue weighted by molar-refractivity contribution is 5.94. The predicted octanol–water partition coefficient (Wildman–Crippen LogP) is 2.49. The third-order valence-corrected chi connectivity index (χ3v) is 4.78. The molecule has 1 saturated heterocycles. The third kappa shape index (κ3) is 3.54. The number of benzene rings is 1. The van der Waals surface area contributed by atoms with Crippen LogP contribution in [0.2, 0.25) is 0 Å². The van der Waals surface area contributed by atoms with Gasteiger partial charge in [0.15, 0.2) is 0 Å². The number of nitro benzene ring substituents is 1. The van der Waals surface area contributed by atoms with Gasteiger partial charge in [0.25, 0.3) is 5.69 Å². The van der Waals surface area contributed by atoms with Crippen LogP contribution in [-0.2, 0) is 6.54 Å². The Kier molecular flexibility index (Phi) is 4.59. The van der Waals surface area contributed by atoms with E-state index in [1.807, 2.05) is 12.1 Å². The smallest absolute Gasteiger partial charge is 0.293 e. The maximum atomic E-state index is 11.7. The standard InChI is InChI=1S/C18H20N6O3/c1-22-4-6-23(7-5-22)16-10-15-14(9-17(16)24(25)26)18(21-12-20-15)19-11-13-3-2-8-27-13/h2-3,8-10,12H,4-7,11H2,1H3,(H,19,20,21). The molecule has 0 amide bonds. The average Bonchev–Trinajstić information content (AvgIpc) is 3.19.